The van der Waals surface area contributed by atoms with E-state index in [-0.39, 0.29) is 0 Å². The summed E-state index contributed by atoms with van der Waals surface area (Å²) in [5, 5.41) is 1.00. The number of hydrogen-bond donors (Lipinski definition) is 0. The number of furan rings is 1. The minimum absolute atomic E-state index is 0.429. The van der Waals surface area contributed by atoms with Gasteiger partial charge in [-0.25, -0.2) is 15.0 Å². The molecule has 4 aromatic rings. The van der Waals surface area contributed by atoms with E-state index in [0.717, 1.165) is 28.1 Å². The van der Waals surface area contributed by atoms with Crippen LogP contribution in [0, 0.1) is 0 Å². The van der Waals surface area contributed by atoms with Gasteiger partial charge in [-0.2, -0.15) is 0 Å². The highest BCUT2D eigenvalue weighted by atomic mass is 16.5. The molecule has 7 heteroatoms. The molecule has 4 heterocycles. The second-order valence-electron chi connectivity index (χ2n) is 6.39. The lowest BCUT2D eigenvalue weighted by Crippen LogP contribution is -2.62. The van der Waals surface area contributed by atoms with Gasteiger partial charge in [-0.1, -0.05) is 12.1 Å². The summed E-state index contributed by atoms with van der Waals surface area (Å²) in [5.74, 6) is 1.71. The van der Waals surface area contributed by atoms with Gasteiger partial charge in [0.15, 0.2) is 17.0 Å². The monoisotopic (exact) mass is 335 g/mol. The number of ether oxygens (including phenoxy) is 1. The lowest BCUT2D eigenvalue weighted by atomic mass is 9.92. The molecular formula is C18H17N5O2. The molecule has 0 aliphatic carbocycles. The topological polar surface area (TPSA) is 69.2 Å². The summed E-state index contributed by atoms with van der Waals surface area (Å²) in [5.41, 5.74) is 1.95. The summed E-state index contributed by atoms with van der Waals surface area (Å²) in [6, 6.07) is 7.91. The molecule has 25 heavy (non-hydrogen) atoms. The van der Waals surface area contributed by atoms with E-state index in [1.54, 1.807) is 19.6 Å². The Kier molecular flexibility index (Phi) is 2.90. The van der Waals surface area contributed by atoms with Crippen molar-refractivity contribution in [3.63, 3.8) is 0 Å². The Morgan fingerprint density at radius 3 is 2.76 bits per heavy atom. The first-order valence-electron chi connectivity index (χ1n) is 8.12. The molecule has 0 spiro atoms. The van der Waals surface area contributed by atoms with Crippen LogP contribution in [0.3, 0.4) is 0 Å². The van der Waals surface area contributed by atoms with Crippen LogP contribution in [0.25, 0.3) is 22.1 Å². The summed E-state index contributed by atoms with van der Waals surface area (Å²) in [6.07, 6.45) is 5.31. The van der Waals surface area contributed by atoms with E-state index in [4.69, 9.17) is 9.15 Å². The molecule has 0 atom stereocenters. The highest BCUT2D eigenvalue weighted by molar-refractivity contribution is 6.05. The first kappa shape index (κ1) is 14.4. The Balaban J connectivity index is 1.56. The Hall–Kier alpha value is -2.93. The maximum Gasteiger partial charge on any atom is 0.196 e. The summed E-state index contributed by atoms with van der Waals surface area (Å²) < 4.78 is 13.8. The number of para-hydroxylation sites is 1. The predicted octanol–water partition coefficient (Wildman–Crippen LogP) is 2.47. The lowest BCUT2D eigenvalue weighted by molar-refractivity contribution is -0.0475. The van der Waals surface area contributed by atoms with Crippen LogP contribution in [0.4, 0.5) is 5.82 Å². The smallest absolute Gasteiger partial charge is 0.196 e. The predicted molar refractivity (Wildman–Crippen MR) is 93.4 cm³/mol. The normalized spacial score (nSPS) is 16.5. The van der Waals surface area contributed by atoms with Gasteiger partial charge >= 0.3 is 0 Å². The largest absolute Gasteiger partial charge is 0.450 e. The maximum atomic E-state index is 6.03. The van der Waals surface area contributed by atoms with Crippen LogP contribution in [0.15, 0.2) is 47.4 Å². The van der Waals surface area contributed by atoms with Gasteiger partial charge in [0.1, 0.15) is 23.3 Å². The fourth-order valence-electron chi connectivity index (χ4n) is 3.62. The number of imidazole rings is 1. The van der Waals surface area contributed by atoms with Crippen molar-refractivity contribution in [2.45, 2.75) is 5.60 Å². The molecule has 1 saturated heterocycles. The molecule has 7 nitrogen and oxygen atoms in total. The zero-order valence-corrected chi connectivity index (χ0v) is 14.0. The molecule has 0 unspecified atom stereocenters. The Morgan fingerprint density at radius 2 is 2.00 bits per heavy atom. The molecule has 5 rings (SSSR count). The van der Waals surface area contributed by atoms with E-state index in [1.807, 2.05) is 42.1 Å². The number of fused-ring (bicyclic) bond motifs is 3. The molecule has 0 N–H and O–H groups in total. The van der Waals surface area contributed by atoms with Crippen LogP contribution in [-0.2, 0) is 17.4 Å². The molecule has 0 saturated carbocycles. The van der Waals surface area contributed by atoms with E-state index in [1.165, 1.54) is 0 Å². The van der Waals surface area contributed by atoms with Gasteiger partial charge in [-0.3, -0.25) is 0 Å². The van der Waals surface area contributed by atoms with Crippen molar-refractivity contribution in [1.29, 1.82) is 0 Å². The van der Waals surface area contributed by atoms with Crippen LogP contribution >= 0.6 is 0 Å². The third-order valence-corrected chi connectivity index (χ3v) is 4.95. The molecule has 1 aromatic carbocycles. The van der Waals surface area contributed by atoms with Crippen molar-refractivity contribution < 1.29 is 9.15 Å². The highest BCUT2D eigenvalue weighted by Gasteiger charge is 2.49. The van der Waals surface area contributed by atoms with E-state index >= 15 is 0 Å². The van der Waals surface area contributed by atoms with E-state index < -0.39 is 5.60 Å². The zero-order chi connectivity index (χ0) is 17.0. The van der Waals surface area contributed by atoms with Crippen LogP contribution in [0.5, 0.6) is 0 Å². The number of aromatic nitrogens is 4. The number of methoxy groups -OCH3 is 1. The molecule has 3 aromatic heterocycles. The second-order valence-corrected chi connectivity index (χ2v) is 6.39. The second kappa shape index (κ2) is 5.03. The quantitative estimate of drug-likeness (QED) is 0.573. The average molecular weight is 335 g/mol. The molecule has 126 valence electrons. The zero-order valence-electron chi connectivity index (χ0n) is 14.0. The molecular weight excluding hydrogens is 318 g/mol. The summed E-state index contributed by atoms with van der Waals surface area (Å²) in [6.45, 7) is 1.33. The van der Waals surface area contributed by atoms with Crippen molar-refractivity contribution in [2.75, 3.05) is 25.1 Å². The minimum Gasteiger partial charge on any atom is -0.450 e. The van der Waals surface area contributed by atoms with Crippen molar-refractivity contribution in [3.05, 3.63) is 48.8 Å². The Morgan fingerprint density at radius 1 is 1.16 bits per heavy atom. The molecule has 0 bridgehead atoms. The third-order valence-electron chi connectivity index (χ3n) is 4.95. The van der Waals surface area contributed by atoms with Gasteiger partial charge in [0.2, 0.25) is 0 Å². The van der Waals surface area contributed by atoms with E-state index in [9.17, 15) is 0 Å². The van der Waals surface area contributed by atoms with Crippen LogP contribution < -0.4 is 4.90 Å². The fraction of sp³-hybridized carbons (Fsp3) is 0.278. The van der Waals surface area contributed by atoms with Gasteiger partial charge in [0, 0.05) is 31.9 Å². The first-order valence-corrected chi connectivity index (χ1v) is 8.12. The molecule has 1 fully saturated rings. The molecule has 1 aliphatic rings. The van der Waals surface area contributed by atoms with E-state index in [2.05, 4.69) is 19.9 Å². The van der Waals surface area contributed by atoms with Crippen molar-refractivity contribution in [3.8, 4) is 0 Å². The van der Waals surface area contributed by atoms with Crippen LogP contribution in [0.2, 0.25) is 0 Å². The number of benzene rings is 1. The number of nitrogens with zero attached hydrogens (tertiary/aromatic N) is 5. The molecule has 1 aliphatic heterocycles. The van der Waals surface area contributed by atoms with Crippen molar-refractivity contribution >= 4 is 27.9 Å². The van der Waals surface area contributed by atoms with E-state index in [0.29, 0.717) is 18.7 Å². The van der Waals surface area contributed by atoms with Gasteiger partial charge in [-0.05, 0) is 12.1 Å². The third kappa shape index (κ3) is 1.93. The average Bonchev–Trinajstić information content (AvgIpc) is 3.19. The standard InChI is InChI=1S/C18H17N5O2/c1-22-8-7-19-17(22)18(24-2)9-23(10-18)16-15-14(20-11-21-16)12-5-3-4-6-13(12)25-15/h3-8,11H,9-10H2,1-2H3. The van der Waals surface area contributed by atoms with Crippen LogP contribution in [-0.4, -0.2) is 39.7 Å². The lowest BCUT2D eigenvalue weighted by Gasteiger charge is -2.48. The first-order chi connectivity index (χ1) is 12.2. The van der Waals surface area contributed by atoms with Gasteiger partial charge in [0.05, 0.1) is 13.1 Å². The Labute approximate surface area is 143 Å². The summed E-state index contributed by atoms with van der Waals surface area (Å²) >= 11 is 0. The summed E-state index contributed by atoms with van der Waals surface area (Å²) in [4.78, 5) is 15.5. The fourth-order valence-corrected chi connectivity index (χ4v) is 3.62. The van der Waals surface area contributed by atoms with Crippen molar-refractivity contribution in [2.24, 2.45) is 7.05 Å². The van der Waals surface area contributed by atoms with Gasteiger partial charge in [0.25, 0.3) is 0 Å². The van der Waals surface area contributed by atoms with Gasteiger partial charge in [-0.15, -0.1) is 0 Å². The molecule has 0 radical (unpaired) electrons. The minimum atomic E-state index is -0.429. The van der Waals surface area contributed by atoms with Gasteiger partial charge < -0.3 is 18.6 Å². The van der Waals surface area contributed by atoms with Crippen molar-refractivity contribution in [1.82, 2.24) is 19.5 Å². The number of rotatable bonds is 3. The Bertz CT molecular complexity index is 1080. The highest BCUT2D eigenvalue weighted by Crippen LogP contribution is 2.40. The van der Waals surface area contributed by atoms with Crippen LogP contribution in [0.1, 0.15) is 5.82 Å². The SMILES string of the molecule is COC1(c2nccn2C)CN(c2ncnc3c2oc2ccccc23)C1. The molecule has 0 amide bonds. The number of hydrogen-bond acceptors (Lipinski definition) is 6. The maximum absolute atomic E-state index is 6.03. The summed E-state index contributed by atoms with van der Waals surface area (Å²) in [7, 11) is 3.71. The number of aryl methyl sites for hydroxylation is 1. The number of anilines is 1.